The van der Waals surface area contributed by atoms with Crippen molar-refractivity contribution in [3.63, 3.8) is 0 Å². The lowest BCUT2D eigenvalue weighted by Gasteiger charge is -2.21. The fraction of sp³-hybridized carbons (Fsp3) is 0. The van der Waals surface area contributed by atoms with Crippen molar-refractivity contribution < 1.29 is 4.42 Å². The van der Waals surface area contributed by atoms with Crippen LogP contribution in [0.1, 0.15) is 0 Å². The molecule has 17 rings (SSSR count). The molecular weight excluding hydrogens is 987 g/mol. The fourth-order valence-corrected chi connectivity index (χ4v) is 12.7. The van der Waals surface area contributed by atoms with Crippen LogP contribution in [0.5, 0.6) is 0 Å². The van der Waals surface area contributed by atoms with Crippen LogP contribution in [0.2, 0.25) is 0 Å². The van der Waals surface area contributed by atoms with Gasteiger partial charge in [0.15, 0.2) is 17.5 Å². The molecule has 0 aliphatic heterocycles. The van der Waals surface area contributed by atoms with Crippen LogP contribution in [0.15, 0.2) is 277 Å². The summed E-state index contributed by atoms with van der Waals surface area (Å²) < 4.78 is 11.2. The first-order valence-corrected chi connectivity index (χ1v) is 27.5. The van der Waals surface area contributed by atoms with E-state index in [1.807, 2.05) is 18.2 Å². The number of aromatic nitrogens is 5. The van der Waals surface area contributed by atoms with Gasteiger partial charge < -0.3 is 13.6 Å². The quantitative estimate of drug-likeness (QED) is 0.160. The fourth-order valence-electron chi connectivity index (χ4n) is 12.7. The van der Waals surface area contributed by atoms with E-state index < -0.39 is 0 Å². The highest BCUT2D eigenvalue weighted by Gasteiger charge is 2.25. The second kappa shape index (κ2) is 17.8. The van der Waals surface area contributed by atoms with Crippen molar-refractivity contribution in [2.24, 2.45) is 0 Å². The van der Waals surface area contributed by atoms with Crippen molar-refractivity contribution >= 4 is 97.9 Å². The van der Waals surface area contributed by atoms with Gasteiger partial charge in [0.1, 0.15) is 11.2 Å². The van der Waals surface area contributed by atoms with Crippen LogP contribution in [0.25, 0.3) is 166 Å². The molecule has 81 heavy (non-hydrogen) atoms. The van der Waals surface area contributed by atoms with Crippen molar-refractivity contribution in [1.29, 1.82) is 0 Å². The van der Waals surface area contributed by atoms with E-state index in [9.17, 15) is 0 Å². The number of hydrogen-bond donors (Lipinski definition) is 0. The number of furan rings is 1. The molecule has 4 heterocycles. The van der Waals surface area contributed by atoms with Gasteiger partial charge in [-0.1, -0.05) is 176 Å². The normalized spacial score (nSPS) is 12.0. The Morgan fingerprint density at radius 2 is 0.741 bits per heavy atom. The summed E-state index contributed by atoms with van der Waals surface area (Å²) in [5.74, 6) is 1.70. The topological polar surface area (TPSA) is 61.7 Å². The van der Waals surface area contributed by atoms with Crippen molar-refractivity contribution in [1.82, 2.24) is 24.1 Å². The van der Waals surface area contributed by atoms with Gasteiger partial charge in [-0.05, 0) is 141 Å². The zero-order valence-electron chi connectivity index (χ0n) is 43.6. The largest absolute Gasteiger partial charge is 0.456 e. The maximum Gasteiger partial charge on any atom is 0.164 e. The smallest absolute Gasteiger partial charge is 0.164 e. The molecule has 6 nitrogen and oxygen atoms in total. The number of para-hydroxylation sites is 3. The molecule has 4 aromatic heterocycles. The van der Waals surface area contributed by atoms with Crippen molar-refractivity contribution in [2.75, 3.05) is 0 Å². The first-order chi connectivity index (χ1) is 40.1. The van der Waals surface area contributed by atoms with Gasteiger partial charge in [0.2, 0.25) is 0 Å². The molecule has 0 radical (unpaired) electrons. The minimum atomic E-state index is 0.563. The molecule has 13 aromatic carbocycles. The van der Waals surface area contributed by atoms with Gasteiger partial charge in [0, 0.05) is 65.6 Å². The zero-order chi connectivity index (χ0) is 53.1. The third-order valence-electron chi connectivity index (χ3n) is 16.5. The molecule has 0 amide bonds. The van der Waals surface area contributed by atoms with Crippen LogP contribution >= 0.6 is 0 Å². The molecule has 0 bridgehead atoms. The number of hydrogen-bond acceptors (Lipinski definition) is 4. The second-order valence-corrected chi connectivity index (χ2v) is 21.1. The third-order valence-corrected chi connectivity index (χ3v) is 16.5. The molecular formula is C75H45N5O. The van der Waals surface area contributed by atoms with Gasteiger partial charge in [-0.15, -0.1) is 0 Å². The van der Waals surface area contributed by atoms with E-state index in [-0.39, 0.29) is 0 Å². The van der Waals surface area contributed by atoms with Crippen LogP contribution in [0.4, 0.5) is 0 Å². The van der Waals surface area contributed by atoms with Gasteiger partial charge in [0.25, 0.3) is 0 Å². The number of fused-ring (bicyclic) bond motifs is 12. The first-order valence-electron chi connectivity index (χ1n) is 27.5. The van der Waals surface area contributed by atoms with Crippen LogP contribution < -0.4 is 0 Å². The Morgan fingerprint density at radius 3 is 1.43 bits per heavy atom. The molecule has 17 aromatic rings. The van der Waals surface area contributed by atoms with Gasteiger partial charge in [-0.3, -0.25) is 0 Å². The maximum atomic E-state index is 6.37. The zero-order valence-corrected chi connectivity index (χ0v) is 43.6. The molecule has 376 valence electrons. The molecule has 0 aliphatic carbocycles. The van der Waals surface area contributed by atoms with Gasteiger partial charge in [0.05, 0.1) is 27.8 Å². The van der Waals surface area contributed by atoms with Crippen molar-refractivity contribution in [3.05, 3.63) is 273 Å². The summed E-state index contributed by atoms with van der Waals surface area (Å²) in [7, 11) is 0. The van der Waals surface area contributed by atoms with E-state index in [2.05, 4.69) is 264 Å². The summed E-state index contributed by atoms with van der Waals surface area (Å²) >= 11 is 0. The van der Waals surface area contributed by atoms with E-state index in [0.29, 0.717) is 17.5 Å². The predicted octanol–water partition coefficient (Wildman–Crippen LogP) is 19.8. The van der Waals surface area contributed by atoms with Crippen molar-refractivity contribution in [2.45, 2.75) is 0 Å². The molecule has 0 fully saturated rings. The lowest BCUT2D eigenvalue weighted by Crippen LogP contribution is -2.04. The molecule has 0 atom stereocenters. The Kier molecular flexibility index (Phi) is 9.91. The SMILES string of the molecule is c1ccc(-c2ccc3c(-n4c5cc6ccccc6cc5c5cc6ccccc6cc54)c(-c4ccccc4)cc(-c4nc(-c5ccc6oc7ccccc7c6c5)nc(-c5ccc6c(c5)c5ccccc5n6-c5ccccc5)n4)c3c2)cc1. The Morgan fingerprint density at radius 1 is 0.247 bits per heavy atom. The Labute approximate surface area is 464 Å². The lowest BCUT2D eigenvalue weighted by atomic mass is 9.91. The number of rotatable bonds is 7. The highest BCUT2D eigenvalue weighted by Crippen LogP contribution is 2.47. The average Bonchev–Trinajstić information content (AvgIpc) is 4.41. The molecule has 0 N–H and O–H groups in total. The molecule has 0 saturated carbocycles. The summed E-state index contributed by atoms with van der Waals surface area (Å²) in [6.07, 6.45) is 0. The van der Waals surface area contributed by atoms with Gasteiger partial charge in [-0.2, -0.15) is 0 Å². The number of nitrogens with zero attached hydrogens (tertiary/aromatic N) is 5. The van der Waals surface area contributed by atoms with E-state index >= 15 is 0 Å². The number of benzene rings is 13. The van der Waals surface area contributed by atoms with Crippen LogP contribution in [-0.2, 0) is 0 Å². The van der Waals surface area contributed by atoms with E-state index in [1.54, 1.807) is 0 Å². The van der Waals surface area contributed by atoms with Crippen LogP contribution in [0.3, 0.4) is 0 Å². The molecule has 0 unspecified atom stereocenters. The lowest BCUT2D eigenvalue weighted by molar-refractivity contribution is 0.669. The highest BCUT2D eigenvalue weighted by molar-refractivity contribution is 6.19. The van der Waals surface area contributed by atoms with Crippen molar-refractivity contribution in [3.8, 4) is 67.8 Å². The Bertz CT molecular complexity index is 5310. The highest BCUT2D eigenvalue weighted by atomic mass is 16.3. The molecule has 0 aliphatic rings. The summed E-state index contributed by atoms with van der Waals surface area (Å²) in [6, 6.07) is 98.0. The summed E-state index contributed by atoms with van der Waals surface area (Å²) in [5.41, 5.74) is 15.3. The Hall–Kier alpha value is -11.0. The minimum Gasteiger partial charge on any atom is -0.456 e. The van der Waals surface area contributed by atoms with Crippen LogP contribution in [-0.4, -0.2) is 24.1 Å². The van der Waals surface area contributed by atoms with E-state index in [1.165, 1.54) is 32.3 Å². The second-order valence-electron chi connectivity index (χ2n) is 21.1. The molecule has 0 spiro atoms. The summed E-state index contributed by atoms with van der Waals surface area (Å²) in [6.45, 7) is 0. The standard InChI is InChI=1S/C75H45N5O/c1-4-18-46(19-5-1)52-32-35-58-60(38-52)65(45-59(47-20-6-2-7-21-47)72(58)80-68-43-50-24-12-10-22-48(50)39-62(68)63-40-49-23-11-13-25-51(49)44-69(63)80)75-77-73(76-74(78-75)54-34-37-71-64(42-54)57-29-15-17-31-70(57)81-71)53-33-36-67-61(41-53)56-28-14-16-30-66(56)79(67)55-26-8-3-9-27-55/h1-45H. The third kappa shape index (κ3) is 7.17. The van der Waals surface area contributed by atoms with E-state index in [0.717, 1.165) is 116 Å². The predicted molar refractivity (Wildman–Crippen MR) is 335 cm³/mol. The monoisotopic (exact) mass is 1030 g/mol. The summed E-state index contributed by atoms with van der Waals surface area (Å²) in [5, 5.41) is 13.6. The summed E-state index contributed by atoms with van der Waals surface area (Å²) in [4.78, 5) is 16.7. The first kappa shape index (κ1) is 45.1. The molecule has 6 heteroatoms. The Balaban J connectivity index is 0.990. The average molecular weight is 1030 g/mol. The van der Waals surface area contributed by atoms with E-state index in [4.69, 9.17) is 19.4 Å². The maximum absolute atomic E-state index is 6.37. The van der Waals surface area contributed by atoms with Gasteiger partial charge >= 0.3 is 0 Å². The molecule has 0 saturated heterocycles. The minimum absolute atomic E-state index is 0.563. The van der Waals surface area contributed by atoms with Gasteiger partial charge in [-0.25, -0.2) is 15.0 Å². The van der Waals surface area contributed by atoms with Crippen LogP contribution in [0, 0.1) is 0 Å².